The molecule has 1 unspecified atom stereocenters. The first-order valence-corrected chi connectivity index (χ1v) is 21.2. The first kappa shape index (κ1) is 43.6. The van der Waals surface area contributed by atoms with Crippen LogP contribution in [-0.2, 0) is 20.6 Å². The number of nitrogens with one attached hydrogen (secondary N) is 1. The Hall–Kier alpha value is -4.17. The first-order valence-electron chi connectivity index (χ1n) is 19.2. The second-order valence-corrected chi connectivity index (χ2v) is 17.7. The molecule has 0 aliphatic carbocycles. The van der Waals surface area contributed by atoms with Crippen LogP contribution in [0.1, 0.15) is 53.5 Å². The monoisotopic (exact) mass is 773 g/mol. The maximum atomic E-state index is 14.9. The fourth-order valence-electron chi connectivity index (χ4n) is 6.85. The summed E-state index contributed by atoms with van der Waals surface area (Å²) >= 11 is 0. The molecule has 1 aliphatic rings. The van der Waals surface area contributed by atoms with Gasteiger partial charge in [-0.15, -0.1) is 0 Å². The van der Waals surface area contributed by atoms with Crippen molar-refractivity contribution in [2.75, 3.05) is 52.8 Å². The zero-order chi connectivity index (χ0) is 40.0. The van der Waals surface area contributed by atoms with Gasteiger partial charge in [0.2, 0.25) is 6.35 Å². The lowest BCUT2D eigenvalue weighted by Gasteiger charge is -2.39. The maximum Gasteiger partial charge on any atom is 0.227 e. The van der Waals surface area contributed by atoms with Gasteiger partial charge < -0.3 is 38.8 Å². The molecular formula is C43H60N5O6P. The van der Waals surface area contributed by atoms with Gasteiger partial charge >= 0.3 is 0 Å². The number of aliphatic imine (C=N–C) groups is 1. The van der Waals surface area contributed by atoms with E-state index in [1.807, 2.05) is 88.5 Å². The van der Waals surface area contributed by atoms with E-state index in [0.29, 0.717) is 24.9 Å². The van der Waals surface area contributed by atoms with Crippen LogP contribution in [0.4, 0.5) is 0 Å². The van der Waals surface area contributed by atoms with Crippen LogP contribution in [0.5, 0.6) is 11.5 Å². The summed E-state index contributed by atoms with van der Waals surface area (Å²) in [7, 11) is 0.240. The van der Waals surface area contributed by atoms with E-state index in [9.17, 15) is 14.9 Å². The van der Waals surface area contributed by atoms with Gasteiger partial charge in [-0.25, -0.2) is 9.66 Å². The van der Waals surface area contributed by atoms with E-state index in [4.69, 9.17) is 18.9 Å². The van der Waals surface area contributed by atoms with Gasteiger partial charge in [-0.3, -0.25) is 0 Å². The summed E-state index contributed by atoms with van der Waals surface area (Å²) in [6, 6.07) is 24.5. The quantitative estimate of drug-likeness (QED) is 0.103. The number of methoxy groups -OCH3 is 2. The van der Waals surface area contributed by atoms with Gasteiger partial charge in [-0.2, -0.15) is 5.26 Å². The minimum Gasteiger partial charge on any atom is -0.497 e. The molecular weight excluding hydrogens is 713 g/mol. The predicted octanol–water partition coefficient (Wildman–Crippen LogP) is 8.00. The van der Waals surface area contributed by atoms with E-state index in [2.05, 4.69) is 53.1 Å². The molecule has 1 aliphatic heterocycles. The molecule has 2 N–H and O–H groups in total. The summed E-state index contributed by atoms with van der Waals surface area (Å²) in [6.45, 7) is 14.2. The van der Waals surface area contributed by atoms with Crippen LogP contribution in [0.3, 0.4) is 0 Å². The van der Waals surface area contributed by atoms with Crippen molar-refractivity contribution in [3.05, 3.63) is 84.6 Å². The van der Waals surface area contributed by atoms with Crippen molar-refractivity contribution in [3.63, 3.8) is 0 Å². The molecule has 0 spiro atoms. The summed E-state index contributed by atoms with van der Waals surface area (Å²) in [5, 5.41) is 23.5. The van der Waals surface area contributed by atoms with Gasteiger partial charge in [-0.05, 0) is 97.8 Å². The summed E-state index contributed by atoms with van der Waals surface area (Å²) in [6.07, 6.45) is 2.75. The highest BCUT2D eigenvalue weighted by molar-refractivity contribution is 7.61. The summed E-state index contributed by atoms with van der Waals surface area (Å²) in [5.41, 5.74) is 5.15. The number of hydrogen-bond donors (Lipinski definition) is 2. The highest BCUT2D eigenvalue weighted by Crippen LogP contribution is 2.53. The maximum absolute atomic E-state index is 14.9. The molecule has 3 aromatic rings. The fraction of sp³-hybridized carbons (Fsp3) is 0.488. The Morgan fingerprint density at radius 2 is 1.55 bits per heavy atom. The lowest BCUT2D eigenvalue weighted by atomic mass is 9.94. The number of hydrogen-bond acceptors (Lipinski definition) is 10. The topological polar surface area (TPSA) is 129 Å². The molecule has 0 aromatic heterocycles. The predicted molar refractivity (Wildman–Crippen MR) is 222 cm³/mol. The van der Waals surface area contributed by atoms with Crippen molar-refractivity contribution in [2.24, 2.45) is 10.9 Å². The summed E-state index contributed by atoms with van der Waals surface area (Å²) < 4.78 is 40.7. The Morgan fingerprint density at radius 1 is 0.927 bits per heavy atom. The summed E-state index contributed by atoms with van der Waals surface area (Å²) in [4.78, 5) is 6.08. The number of aliphatic hydroxyl groups excluding tert-OH is 1. The molecule has 1 heterocycles. The Kier molecular flexibility index (Phi) is 16.8. The lowest BCUT2D eigenvalue weighted by Crippen LogP contribution is -2.41. The van der Waals surface area contributed by atoms with Crippen molar-refractivity contribution >= 4 is 13.1 Å². The number of aliphatic hydroxyl groups is 1. The highest BCUT2D eigenvalue weighted by atomic mass is 31.2. The van der Waals surface area contributed by atoms with Crippen LogP contribution < -0.4 is 14.8 Å². The molecule has 0 bridgehead atoms. The number of nitrogens with zero attached hydrogens (tertiary/aromatic N) is 4. The third-order valence-electron chi connectivity index (χ3n) is 9.41. The SMILES string of the molecule is COc1ccc(-c2ccc(COC[C@H](CP(=O)(CCC#N)N(C(C)C)C(C)C)OCCN3C=CC(NCC(C)C)=N[C@@H]3O)c(-c3ccc(OC)cc3)c2)cc1. The Labute approximate surface area is 328 Å². The molecule has 298 valence electrons. The molecule has 55 heavy (non-hydrogen) atoms. The van der Waals surface area contributed by atoms with Gasteiger partial charge in [0.1, 0.15) is 17.3 Å². The third kappa shape index (κ3) is 12.7. The number of amidine groups is 1. The molecule has 0 amide bonds. The zero-order valence-corrected chi connectivity index (χ0v) is 34.7. The van der Waals surface area contributed by atoms with E-state index in [-0.39, 0.29) is 44.0 Å². The van der Waals surface area contributed by atoms with Crippen molar-refractivity contribution in [2.45, 2.75) is 79.1 Å². The van der Waals surface area contributed by atoms with E-state index < -0.39 is 19.7 Å². The number of ether oxygens (including phenoxy) is 4. The molecule has 0 fully saturated rings. The largest absolute Gasteiger partial charge is 0.497 e. The van der Waals surface area contributed by atoms with Crippen LogP contribution in [0.2, 0.25) is 0 Å². The number of rotatable bonds is 21. The van der Waals surface area contributed by atoms with E-state index in [0.717, 1.165) is 45.9 Å². The molecule has 0 saturated heterocycles. The van der Waals surface area contributed by atoms with Crippen molar-refractivity contribution in [3.8, 4) is 39.8 Å². The highest BCUT2D eigenvalue weighted by Gasteiger charge is 2.37. The van der Waals surface area contributed by atoms with Crippen molar-refractivity contribution in [1.29, 1.82) is 5.26 Å². The number of benzene rings is 3. The molecule has 3 atom stereocenters. The van der Waals surface area contributed by atoms with Crippen molar-refractivity contribution < 1.29 is 28.6 Å². The standard InChI is InChI=1S/C43H60N5O6P/c1-31(2)27-45-42-20-22-47(43(49)46-42)23-24-54-40(30-55(50,25-9-21-44)48(32(3)4)33(5)6)29-53-28-37-11-10-36(34-12-16-38(51-7)17-13-34)26-41(37)35-14-18-39(52-8)19-15-35/h10-20,22,26,31-33,40,43,49H,9,23-25,27-30H2,1-8H3,(H,45,46)/t40-,43+,55?/m1/s1. The Bertz CT molecular complexity index is 1780. The van der Waals surface area contributed by atoms with Crippen LogP contribution >= 0.6 is 7.29 Å². The van der Waals surface area contributed by atoms with E-state index >= 15 is 0 Å². The zero-order valence-electron chi connectivity index (χ0n) is 33.8. The van der Waals surface area contributed by atoms with E-state index in [1.165, 1.54) is 0 Å². The average Bonchev–Trinajstić information content (AvgIpc) is 3.16. The molecule has 11 nitrogen and oxygen atoms in total. The van der Waals surface area contributed by atoms with E-state index in [1.54, 1.807) is 19.1 Å². The van der Waals surface area contributed by atoms with Crippen molar-refractivity contribution in [1.82, 2.24) is 14.9 Å². The van der Waals surface area contributed by atoms with Gasteiger partial charge in [-0.1, -0.05) is 50.2 Å². The molecule has 3 aromatic carbocycles. The van der Waals surface area contributed by atoms with Crippen LogP contribution in [0.15, 0.2) is 84.0 Å². The van der Waals surface area contributed by atoms with Gasteiger partial charge in [0.15, 0.2) is 7.29 Å². The second kappa shape index (κ2) is 21.2. The average molecular weight is 774 g/mol. The Balaban J connectivity index is 1.57. The fourth-order valence-corrected chi connectivity index (χ4v) is 10.4. The van der Waals surface area contributed by atoms with Gasteiger partial charge in [0.25, 0.3) is 0 Å². The molecule has 0 radical (unpaired) electrons. The Morgan fingerprint density at radius 3 is 2.11 bits per heavy atom. The summed E-state index contributed by atoms with van der Waals surface area (Å²) in [5.74, 6) is 2.64. The smallest absolute Gasteiger partial charge is 0.227 e. The minimum absolute atomic E-state index is 0.00682. The van der Waals surface area contributed by atoms with Crippen LogP contribution in [-0.4, -0.2) is 97.9 Å². The minimum atomic E-state index is -3.07. The molecule has 0 saturated carbocycles. The molecule has 4 rings (SSSR count). The van der Waals surface area contributed by atoms with Gasteiger partial charge in [0, 0.05) is 50.1 Å². The first-order chi connectivity index (χ1) is 26.4. The van der Waals surface area contributed by atoms with Crippen LogP contribution in [0, 0.1) is 17.2 Å². The number of nitriles is 1. The second-order valence-electron chi connectivity index (χ2n) is 14.8. The van der Waals surface area contributed by atoms with Gasteiger partial charge in [0.05, 0.1) is 46.2 Å². The van der Waals surface area contributed by atoms with Crippen LogP contribution in [0.25, 0.3) is 22.3 Å². The third-order valence-corrected chi connectivity index (χ3v) is 13.1. The normalized spacial score (nSPS) is 16.0. The lowest BCUT2D eigenvalue weighted by molar-refractivity contribution is -0.0303. The molecule has 12 heteroatoms.